The second kappa shape index (κ2) is 9.80. The lowest BCUT2D eigenvalue weighted by molar-refractivity contribution is -0.116. The minimum atomic E-state index is -3.68. The number of carbonyl (C=O) groups excluding carboxylic acids is 1. The van der Waals surface area contributed by atoms with Crippen molar-refractivity contribution in [1.29, 1.82) is 0 Å². The monoisotopic (exact) mass is 476 g/mol. The Morgan fingerprint density at radius 3 is 2.48 bits per heavy atom. The minimum absolute atomic E-state index is 0.334. The number of aromatic nitrogens is 2. The molecule has 10 heteroatoms. The van der Waals surface area contributed by atoms with E-state index in [9.17, 15) is 13.2 Å². The molecule has 0 aliphatic heterocycles. The number of nitrogens with one attached hydrogen (secondary N) is 1. The molecule has 164 valence electrons. The van der Waals surface area contributed by atoms with Crippen molar-refractivity contribution in [3.8, 4) is 0 Å². The second-order valence-electron chi connectivity index (χ2n) is 7.14. The van der Waals surface area contributed by atoms with Gasteiger partial charge in [-0.25, -0.2) is 8.42 Å². The van der Waals surface area contributed by atoms with E-state index >= 15 is 0 Å². The Bertz CT molecular complexity index is 1160. The van der Waals surface area contributed by atoms with Gasteiger partial charge in [0, 0.05) is 5.75 Å². The molecule has 0 spiro atoms. The van der Waals surface area contributed by atoms with E-state index in [-0.39, 0.29) is 0 Å². The van der Waals surface area contributed by atoms with Crippen LogP contribution in [0.15, 0.2) is 52.9 Å². The highest BCUT2D eigenvalue weighted by Gasteiger charge is 2.30. The Balaban J connectivity index is 1.71. The Morgan fingerprint density at radius 2 is 1.84 bits per heavy atom. The lowest BCUT2D eigenvalue weighted by Crippen LogP contribution is -2.45. The molecular weight excluding hydrogens is 452 g/mol. The number of aryl methyl sites for hydroxylation is 2. The molecule has 1 amide bonds. The number of benzene rings is 2. The van der Waals surface area contributed by atoms with E-state index < -0.39 is 22.0 Å². The molecule has 31 heavy (non-hydrogen) atoms. The number of sulfonamides is 1. The maximum absolute atomic E-state index is 12.8. The molecule has 3 rings (SSSR count). The van der Waals surface area contributed by atoms with Crippen molar-refractivity contribution >= 4 is 49.8 Å². The molecule has 1 atom stereocenters. The fourth-order valence-corrected chi connectivity index (χ4v) is 5.80. The highest BCUT2D eigenvalue weighted by atomic mass is 32.2. The van der Waals surface area contributed by atoms with E-state index in [0.717, 1.165) is 31.8 Å². The fraction of sp³-hybridized carbons (Fsp3) is 0.286. The van der Waals surface area contributed by atoms with Gasteiger partial charge in [0.25, 0.3) is 0 Å². The minimum Gasteiger partial charge on any atom is -0.299 e. The molecule has 0 saturated heterocycles. The summed E-state index contributed by atoms with van der Waals surface area (Å²) >= 11 is 2.79. The average molecular weight is 477 g/mol. The van der Waals surface area contributed by atoms with E-state index in [1.807, 2.05) is 50.2 Å². The first-order valence-corrected chi connectivity index (χ1v) is 13.2. The summed E-state index contributed by atoms with van der Waals surface area (Å²) in [7, 11) is -3.68. The maximum atomic E-state index is 12.8. The molecule has 1 N–H and O–H groups in total. The highest BCUT2D eigenvalue weighted by molar-refractivity contribution is 8.00. The Kier molecular flexibility index (Phi) is 7.34. The van der Waals surface area contributed by atoms with Gasteiger partial charge in [0.05, 0.1) is 11.9 Å². The Labute approximate surface area is 191 Å². The summed E-state index contributed by atoms with van der Waals surface area (Å²) in [6.45, 7) is 5.40. The number of thioether (sulfide) groups is 1. The summed E-state index contributed by atoms with van der Waals surface area (Å²) in [5.41, 5.74) is 3.61. The van der Waals surface area contributed by atoms with Crippen LogP contribution in [0.5, 0.6) is 0 Å². The number of nitrogens with zero attached hydrogens (tertiary/aromatic N) is 3. The van der Waals surface area contributed by atoms with Gasteiger partial charge in [-0.3, -0.25) is 14.4 Å². The van der Waals surface area contributed by atoms with Crippen LogP contribution in [0.25, 0.3) is 0 Å². The van der Waals surface area contributed by atoms with Crippen molar-refractivity contribution in [1.82, 2.24) is 10.2 Å². The average Bonchev–Trinajstić information content (AvgIpc) is 3.16. The van der Waals surface area contributed by atoms with Crippen LogP contribution in [0.1, 0.15) is 23.6 Å². The third-order valence-electron chi connectivity index (χ3n) is 4.68. The largest absolute Gasteiger partial charge is 0.299 e. The number of carbonyl (C=O) groups is 1. The van der Waals surface area contributed by atoms with Gasteiger partial charge in [0.2, 0.25) is 21.1 Å². The van der Waals surface area contributed by atoms with E-state index in [2.05, 4.69) is 15.5 Å². The van der Waals surface area contributed by atoms with Crippen molar-refractivity contribution in [2.75, 3.05) is 15.9 Å². The van der Waals surface area contributed by atoms with Gasteiger partial charge in [-0.2, -0.15) is 0 Å². The van der Waals surface area contributed by atoms with E-state index in [1.165, 1.54) is 28.7 Å². The Hall–Kier alpha value is -2.43. The molecule has 1 heterocycles. The molecule has 0 bridgehead atoms. The van der Waals surface area contributed by atoms with Gasteiger partial charge in [0.1, 0.15) is 6.04 Å². The van der Waals surface area contributed by atoms with E-state index in [0.29, 0.717) is 10.8 Å². The predicted molar refractivity (Wildman–Crippen MR) is 127 cm³/mol. The van der Waals surface area contributed by atoms with Crippen LogP contribution >= 0.6 is 23.1 Å². The molecule has 0 aliphatic rings. The first-order chi connectivity index (χ1) is 14.6. The zero-order valence-electron chi connectivity index (χ0n) is 17.7. The third kappa shape index (κ3) is 6.05. The summed E-state index contributed by atoms with van der Waals surface area (Å²) in [6.07, 6.45) is 1.09. The van der Waals surface area contributed by atoms with Crippen molar-refractivity contribution in [3.05, 3.63) is 65.2 Å². The van der Waals surface area contributed by atoms with Gasteiger partial charge in [-0.1, -0.05) is 59.5 Å². The van der Waals surface area contributed by atoms with Crippen LogP contribution in [0.3, 0.4) is 0 Å². The molecule has 1 aromatic heterocycles. The van der Waals surface area contributed by atoms with Gasteiger partial charge < -0.3 is 0 Å². The zero-order valence-corrected chi connectivity index (χ0v) is 20.1. The first-order valence-electron chi connectivity index (χ1n) is 9.53. The first kappa shape index (κ1) is 23.2. The molecule has 2 aromatic carbocycles. The SMILES string of the molecule is Cc1ccc(N([C@H](C)C(=O)Nc2nnc(SCc3ccccc3)s2)S(C)(=O)=O)cc1C. The van der Waals surface area contributed by atoms with Crippen LogP contribution in [0.2, 0.25) is 0 Å². The van der Waals surface area contributed by atoms with Crippen molar-refractivity contribution in [2.45, 2.75) is 36.9 Å². The fourth-order valence-electron chi connectivity index (χ4n) is 2.92. The van der Waals surface area contributed by atoms with Crippen molar-refractivity contribution in [3.63, 3.8) is 0 Å². The molecule has 0 unspecified atom stereocenters. The van der Waals surface area contributed by atoms with Gasteiger partial charge in [-0.15, -0.1) is 10.2 Å². The van der Waals surface area contributed by atoms with E-state index in [1.54, 1.807) is 19.1 Å². The zero-order chi connectivity index (χ0) is 22.6. The topological polar surface area (TPSA) is 92.3 Å². The Morgan fingerprint density at radius 1 is 1.13 bits per heavy atom. The molecule has 0 fully saturated rings. The second-order valence-corrected chi connectivity index (χ2v) is 11.2. The van der Waals surface area contributed by atoms with Crippen LogP contribution < -0.4 is 9.62 Å². The van der Waals surface area contributed by atoms with Crippen LogP contribution in [0.4, 0.5) is 10.8 Å². The summed E-state index contributed by atoms with van der Waals surface area (Å²) in [6, 6.07) is 14.3. The molecule has 0 aliphatic carbocycles. The van der Waals surface area contributed by atoms with Crippen LogP contribution in [-0.2, 0) is 20.6 Å². The molecular formula is C21H24N4O3S3. The van der Waals surface area contributed by atoms with E-state index in [4.69, 9.17) is 0 Å². The van der Waals surface area contributed by atoms with Crippen LogP contribution in [0, 0.1) is 13.8 Å². The number of hydrogen-bond acceptors (Lipinski definition) is 7. The van der Waals surface area contributed by atoms with Crippen molar-refractivity contribution in [2.24, 2.45) is 0 Å². The summed E-state index contributed by atoms with van der Waals surface area (Å²) < 4.78 is 26.8. The lowest BCUT2D eigenvalue weighted by Gasteiger charge is -2.28. The third-order valence-corrected chi connectivity index (χ3v) is 7.96. The number of anilines is 2. The maximum Gasteiger partial charge on any atom is 0.249 e. The molecule has 3 aromatic rings. The van der Waals surface area contributed by atoms with Gasteiger partial charge in [-0.05, 0) is 49.6 Å². The lowest BCUT2D eigenvalue weighted by atomic mass is 10.1. The standard InChI is InChI=1S/C21H24N4O3S3/c1-14-10-11-18(12-15(14)2)25(31(4,27)28)16(3)19(26)22-20-23-24-21(30-20)29-13-17-8-6-5-7-9-17/h5-12,16H,13H2,1-4H3,(H,22,23,26)/t16-/m1/s1. The molecule has 0 radical (unpaired) electrons. The quantitative estimate of drug-likeness (QED) is 0.386. The van der Waals surface area contributed by atoms with Gasteiger partial charge in [0.15, 0.2) is 4.34 Å². The number of amides is 1. The normalized spacial score (nSPS) is 12.4. The molecule has 0 saturated carbocycles. The summed E-state index contributed by atoms with van der Waals surface area (Å²) in [4.78, 5) is 12.8. The molecule has 7 nitrogen and oxygen atoms in total. The van der Waals surface area contributed by atoms with Gasteiger partial charge >= 0.3 is 0 Å². The van der Waals surface area contributed by atoms with Crippen LogP contribution in [-0.4, -0.2) is 36.8 Å². The predicted octanol–water partition coefficient (Wildman–Crippen LogP) is 4.24. The number of rotatable bonds is 8. The smallest absolute Gasteiger partial charge is 0.249 e. The summed E-state index contributed by atoms with van der Waals surface area (Å²) in [5, 5.41) is 11.1. The highest BCUT2D eigenvalue weighted by Crippen LogP contribution is 2.29. The number of hydrogen-bond donors (Lipinski definition) is 1. The summed E-state index contributed by atoms with van der Waals surface area (Å²) in [5.74, 6) is 0.272. The van der Waals surface area contributed by atoms with Crippen molar-refractivity contribution < 1.29 is 13.2 Å².